The maximum absolute atomic E-state index is 13.0. The second kappa shape index (κ2) is 12.3. The Bertz CT molecular complexity index is 884. The molecule has 34 heavy (non-hydrogen) atoms. The topological polar surface area (TPSA) is 152 Å². The molecule has 0 spiro atoms. The van der Waals surface area contributed by atoms with E-state index in [0.29, 0.717) is 18.8 Å². The Morgan fingerprint density at radius 2 is 1.76 bits per heavy atom. The molecule has 2 heterocycles. The number of nitrogens with one attached hydrogen (secondary N) is 3. The van der Waals surface area contributed by atoms with Crippen LogP contribution >= 0.6 is 11.8 Å². The molecule has 0 unspecified atom stereocenters. The number of carbonyl (C=O) groups is 4. The summed E-state index contributed by atoms with van der Waals surface area (Å²) in [4.78, 5) is 51.3. The highest BCUT2D eigenvalue weighted by molar-refractivity contribution is 7.98. The lowest BCUT2D eigenvalue weighted by Crippen LogP contribution is -2.58. The van der Waals surface area contributed by atoms with E-state index in [0.717, 1.165) is 0 Å². The Labute approximate surface area is 203 Å². The van der Waals surface area contributed by atoms with Gasteiger partial charge in [0.1, 0.15) is 23.4 Å². The summed E-state index contributed by atoms with van der Waals surface area (Å²) in [6.07, 6.45) is 2.22. The van der Waals surface area contributed by atoms with Crippen LogP contribution in [0.3, 0.4) is 0 Å². The number of hydrogen-bond acceptors (Lipinski definition) is 9. The second-order valence-electron chi connectivity index (χ2n) is 8.90. The fourth-order valence-corrected chi connectivity index (χ4v) is 3.84. The lowest BCUT2D eigenvalue weighted by atomic mass is 9.93. The number of hydrogen-bond donors (Lipinski definition) is 3. The summed E-state index contributed by atoms with van der Waals surface area (Å²) in [5.41, 5.74) is -0.839. The van der Waals surface area contributed by atoms with E-state index >= 15 is 0 Å². The molecule has 3 amide bonds. The molecule has 11 nitrogen and oxygen atoms in total. The Hall–Kier alpha value is -2.44. The van der Waals surface area contributed by atoms with E-state index in [1.54, 1.807) is 20.1 Å². The van der Waals surface area contributed by atoms with Gasteiger partial charge in [0, 0.05) is 18.9 Å². The summed E-state index contributed by atoms with van der Waals surface area (Å²) in [6, 6.07) is -1.30. The number of thioether (sulfide) groups is 1. The number of rotatable bonds is 14. The summed E-state index contributed by atoms with van der Waals surface area (Å²) >= 11 is 1.35. The molecule has 0 saturated carbocycles. The van der Waals surface area contributed by atoms with Crippen LogP contribution in [0.15, 0.2) is 10.6 Å². The minimum absolute atomic E-state index is 0.0495. The molecule has 1 aromatic heterocycles. The van der Waals surface area contributed by atoms with Crippen molar-refractivity contribution in [2.24, 2.45) is 5.92 Å². The number of amides is 3. The van der Waals surface area contributed by atoms with Crippen molar-refractivity contribution in [2.45, 2.75) is 57.8 Å². The number of aryl methyl sites for hydroxylation is 1. The van der Waals surface area contributed by atoms with Crippen LogP contribution in [0, 0.1) is 12.8 Å². The van der Waals surface area contributed by atoms with E-state index in [2.05, 4.69) is 21.1 Å². The number of aromatic nitrogens is 1. The van der Waals surface area contributed by atoms with Crippen LogP contribution in [0.5, 0.6) is 0 Å². The van der Waals surface area contributed by atoms with E-state index in [-0.39, 0.29) is 29.8 Å². The first kappa shape index (κ1) is 27.8. The first-order valence-electron chi connectivity index (χ1n) is 11.0. The lowest BCUT2D eigenvalue weighted by Gasteiger charge is -2.26. The first-order chi connectivity index (χ1) is 16.0. The molecule has 0 aliphatic carbocycles. The smallest absolute Gasteiger partial charge is 0.274 e. The van der Waals surface area contributed by atoms with Crippen LogP contribution in [0.1, 0.15) is 43.4 Å². The number of Topliss-reactive ketones (excluding diaryl/α,β-unsaturated/α-hetero) is 1. The standard InChI is InChI=1S/C22H34N4O7S/c1-12(2)7-14(18(27)22(4)11-32-22)23-20(29)16(9-31-5)24-21(30)17(10-34-6)25-19(28)15-8-13(3)33-26-15/h8,12,14,16-17H,7,9-11H2,1-6H3,(H,23,29)(H,24,30)(H,25,28)/t14-,16-,17-,22+/m0/s1. The van der Waals surface area contributed by atoms with Crippen LogP contribution in [-0.2, 0) is 23.9 Å². The van der Waals surface area contributed by atoms with Gasteiger partial charge in [0.05, 0.1) is 19.3 Å². The molecule has 2 rings (SSSR count). The number of carbonyl (C=O) groups excluding carboxylic acids is 4. The number of ketones is 1. The van der Waals surface area contributed by atoms with Gasteiger partial charge in [-0.2, -0.15) is 11.8 Å². The maximum atomic E-state index is 13.0. The van der Waals surface area contributed by atoms with Crippen molar-refractivity contribution in [1.29, 1.82) is 0 Å². The van der Waals surface area contributed by atoms with Gasteiger partial charge in [-0.05, 0) is 32.4 Å². The summed E-state index contributed by atoms with van der Waals surface area (Å²) < 4.78 is 15.3. The largest absolute Gasteiger partial charge is 0.382 e. The van der Waals surface area contributed by atoms with Crippen LogP contribution in [0.25, 0.3) is 0 Å². The van der Waals surface area contributed by atoms with Crippen molar-refractivity contribution < 1.29 is 33.2 Å². The van der Waals surface area contributed by atoms with Crippen LogP contribution < -0.4 is 16.0 Å². The van der Waals surface area contributed by atoms with E-state index < -0.39 is 41.4 Å². The SMILES string of the molecule is COC[C@H](NC(=O)[C@H](CSC)NC(=O)c1cc(C)on1)C(=O)N[C@@H](CC(C)C)C(=O)[C@@]1(C)CO1. The molecule has 1 aromatic rings. The van der Waals surface area contributed by atoms with Gasteiger partial charge < -0.3 is 29.9 Å². The average Bonchev–Trinajstić information content (AvgIpc) is 3.37. The van der Waals surface area contributed by atoms with Gasteiger partial charge in [-0.3, -0.25) is 19.2 Å². The van der Waals surface area contributed by atoms with Gasteiger partial charge in [-0.25, -0.2) is 0 Å². The van der Waals surface area contributed by atoms with E-state index in [9.17, 15) is 19.2 Å². The van der Waals surface area contributed by atoms with Crippen molar-refractivity contribution in [1.82, 2.24) is 21.1 Å². The highest BCUT2D eigenvalue weighted by Gasteiger charge is 2.50. The fraction of sp³-hybridized carbons (Fsp3) is 0.682. The monoisotopic (exact) mass is 498 g/mol. The average molecular weight is 499 g/mol. The second-order valence-corrected chi connectivity index (χ2v) is 9.81. The molecule has 0 radical (unpaired) electrons. The molecule has 1 fully saturated rings. The highest BCUT2D eigenvalue weighted by Crippen LogP contribution is 2.29. The van der Waals surface area contributed by atoms with Gasteiger partial charge in [0.25, 0.3) is 5.91 Å². The van der Waals surface area contributed by atoms with Crippen LogP contribution in [0.2, 0.25) is 0 Å². The number of methoxy groups -OCH3 is 1. The van der Waals surface area contributed by atoms with Gasteiger partial charge in [0.2, 0.25) is 11.8 Å². The molecule has 1 saturated heterocycles. The third kappa shape index (κ3) is 7.81. The summed E-state index contributed by atoms with van der Waals surface area (Å²) in [5.74, 6) is -1.02. The van der Waals surface area contributed by atoms with Gasteiger partial charge in [-0.1, -0.05) is 19.0 Å². The number of ether oxygens (including phenoxy) is 2. The molecule has 3 N–H and O–H groups in total. The fourth-order valence-electron chi connectivity index (χ4n) is 3.27. The maximum Gasteiger partial charge on any atom is 0.274 e. The van der Waals surface area contributed by atoms with Gasteiger partial charge >= 0.3 is 0 Å². The predicted octanol–water partition coefficient (Wildman–Crippen LogP) is 0.465. The minimum atomic E-state index is -1.07. The van der Waals surface area contributed by atoms with Crippen molar-refractivity contribution in [3.63, 3.8) is 0 Å². The summed E-state index contributed by atoms with van der Waals surface area (Å²) in [5, 5.41) is 11.6. The molecule has 0 bridgehead atoms. The molecular formula is C22H34N4O7S. The van der Waals surface area contributed by atoms with E-state index in [4.69, 9.17) is 14.0 Å². The number of epoxide rings is 1. The van der Waals surface area contributed by atoms with Crippen molar-refractivity contribution >= 4 is 35.3 Å². The predicted molar refractivity (Wildman–Crippen MR) is 125 cm³/mol. The van der Waals surface area contributed by atoms with Crippen LogP contribution in [0.4, 0.5) is 0 Å². The Morgan fingerprint density at radius 1 is 1.15 bits per heavy atom. The third-order valence-corrected chi connectivity index (χ3v) is 5.89. The third-order valence-electron chi connectivity index (χ3n) is 5.22. The molecule has 1 aliphatic rings. The molecule has 4 atom stereocenters. The Balaban J connectivity index is 2.08. The van der Waals surface area contributed by atoms with Gasteiger partial charge in [0.15, 0.2) is 11.5 Å². The zero-order valence-electron chi connectivity index (χ0n) is 20.4. The zero-order chi connectivity index (χ0) is 25.5. The Morgan fingerprint density at radius 3 is 2.26 bits per heavy atom. The minimum Gasteiger partial charge on any atom is -0.382 e. The lowest BCUT2D eigenvalue weighted by molar-refractivity contribution is -0.134. The molecule has 12 heteroatoms. The molecule has 0 aromatic carbocycles. The Kier molecular flexibility index (Phi) is 10.1. The van der Waals surface area contributed by atoms with Crippen molar-refractivity contribution in [3.05, 3.63) is 17.5 Å². The van der Waals surface area contributed by atoms with E-state index in [1.807, 2.05) is 13.8 Å². The zero-order valence-corrected chi connectivity index (χ0v) is 21.2. The quantitative estimate of drug-likeness (QED) is 0.311. The summed E-state index contributed by atoms with van der Waals surface area (Å²) in [6.45, 7) is 7.43. The van der Waals surface area contributed by atoms with Crippen LogP contribution in [-0.4, -0.2) is 84.7 Å². The summed E-state index contributed by atoms with van der Waals surface area (Å²) in [7, 11) is 1.40. The number of nitrogens with zero attached hydrogens (tertiary/aromatic N) is 1. The molecule has 190 valence electrons. The molecule has 1 aliphatic heterocycles. The highest BCUT2D eigenvalue weighted by atomic mass is 32.2. The first-order valence-corrected chi connectivity index (χ1v) is 12.4. The van der Waals surface area contributed by atoms with Crippen molar-refractivity contribution in [2.75, 3.05) is 32.3 Å². The molecular weight excluding hydrogens is 464 g/mol. The van der Waals surface area contributed by atoms with Crippen molar-refractivity contribution in [3.8, 4) is 0 Å². The normalized spacial score (nSPS) is 19.7. The van der Waals surface area contributed by atoms with Gasteiger partial charge in [-0.15, -0.1) is 0 Å². The van der Waals surface area contributed by atoms with E-state index in [1.165, 1.54) is 24.9 Å².